The van der Waals surface area contributed by atoms with Crippen molar-refractivity contribution in [3.63, 3.8) is 0 Å². The van der Waals surface area contributed by atoms with Crippen LogP contribution in [0.3, 0.4) is 0 Å². The molecular weight excluding hydrogens is 170 g/mol. The van der Waals surface area contributed by atoms with Crippen LogP contribution in [0.2, 0.25) is 0 Å². The molecule has 0 heterocycles. The summed E-state index contributed by atoms with van der Waals surface area (Å²) in [6.07, 6.45) is 0. The van der Waals surface area contributed by atoms with E-state index in [1.807, 2.05) is 11.5 Å². The van der Waals surface area contributed by atoms with Crippen molar-refractivity contribution in [2.45, 2.75) is 6.04 Å². The summed E-state index contributed by atoms with van der Waals surface area (Å²) in [5, 5.41) is 8.73. The molecule has 0 saturated carbocycles. The fraction of sp³-hybridized carbons (Fsp3) is 0.222. The van der Waals surface area contributed by atoms with Crippen LogP contribution in [0.1, 0.15) is 11.6 Å². The molecule has 1 aromatic rings. The smallest absolute Gasteiger partial charge is 0.329 e. The van der Waals surface area contributed by atoms with E-state index in [2.05, 4.69) is 4.74 Å². The van der Waals surface area contributed by atoms with Crippen molar-refractivity contribution in [2.75, 3.05) is 7.11 Å². The van der Waals surface area contributed by atoms with Gasteiger partial charge >= 0.3 is 5.97 Å². The molecule has 1 atom stereocenters. The molecule has 70 valence electrons. The third kappa shape index (κ3) is 2.27. The van der Waals surface area contributed by atoms with Gasteiger partial charge in [-0.1, -0.05) is 30.3 Å². The summed E-state index contributed by atoms with van der Waals surface area (Å²) in [6.45, 7) is 0. The van der Waals surface area contributed by atoms with Crippen LogP contribution in [0.5, 0.6) is 0 Å². The van der Waals surface area contributed by atoms with E-state index >= 15 is 0 Å². The standard InChI is InChI=1S/C9H11NO3/c1-13-9(11)8(10-12)7-5-3-2-4-6-7/h2-6,8,10,12H,1H3/t8-/m1/s1. The molecule has 0 unspecified atom stereocenters. The maximum absolute atomic E-state index is 11.1. The van der Waals surface area contributed by atoms with Crippen molar-refractivity contribution in [1.82, 2.24) is 5.48 Å². The van der Waals surface area contributed by atoms with Crippen molar-refractivity contribution >= 4 is 5.97 Å². The Hall–Kier alpha value is -1.39. The van der Waals surface area contributed by atoms with Gasteiger partial charge in [-0.3, -0.25) is 0 Å². The zero-order valence-electron chi connectivity index (χ0n) is 7.23. The molecule has 4 heteroatoms. The molecule has 1 aromatic carbocycles. The summed E-state index contributed by atoms with van der Waals surface area (Å²) in [5.41, 5.74) is 2.56. The third-order valence-electron chi connectivity index (χ3n) is 1.70. The monoisotopic (exact) mass is 181 g/mol. The minimum absolute atomic E-state index is 0.520. The molecule has 0 aliphatic heterocycles. The SMILES string of the molecule is COC(=O)[C@H](NO)c1ccccc1. The van der Waals surface area contributed by atoms with Crippen molar-refractivity contribution in [2.24, 2.45) is 0 Å². The van der Waals surface area contributed by atoms with Crippen molar-refractivity contribution in [3.05, 3.63) is 35.9 Å². The molecule has 1 rings (SSSR count). The van der Waals surface area contributed by atoms with E-state index in [9.17, 15) is 4.79 Å². The summed E-state index contributed by atoms with van der Waals surface area (Å²) >= 11 is 0. The first-order valence-electron chi connectivity index (χ1n) is 3.82. The predicted octanol–water partition coefficient (Wildman–Crippen LogP) is 0.879. The van der Waals surface area contributed by atoms with E-state index < -0.39 is 12.0 Å². The van der Waals surface area contributed by atoms with Gasteiger partial charge in [0.2, 0.25) is 0 Å². The second kappa shape index (κ2) is 4.59. The molecule has 4 nitrogen and oxygen atoms in total. The molecule has 13 heavy (non-hydrogen) atoms. The fourth-order valence-corrected chi connectivity index (χ4v) is 1.03. The summed E-state index contributed by atoms with van der Waals surface area (Å²) in [7, 11) is 1.27. The van der Waals surface area contributed by atoms with Crippen LogP contribution in [0, 0.1) is 0 Å². The molecule has 0 amide bonds. The van der Waals surface area contributed by atoms with Gasteiger partial charge in [-0.2, -0.15) is 5.48 Å². The Morgan fingerprint density at radius 1 is 1.46 bits per heavy atom. The van der Waals surface area contributed by atoms with Gasteiger partial charge in [-0.15, -0.1) is 0 Å². The van der Waals surface area contributed by atoms with E-state index in [0.29, 0.717) is 5.56 Å². The maximum atomic E-state index is 11.1. The molecule has 0 spiro atoms. The Kier molecular flexibility index (Phi) is 3.42. The topological polar surface area (TPSA) is 58.6 Å². The number of carbonyl (C=O) groups is 1. The second-order valence-corrected chi connectivity index (χ2v) is 2.50. The highest BCUT2D eigenvalue weighted by Gasteiger charge is 2.19. The van der Waals surface area contributed by atoms with Crippen LogP contribution in [-0.4, -0.2) is 18.3 Å². The average molecular weight is 181 g/mol. The normalized spacial score (nSPS) is 12.2. The lowest BCUT2D eigenvalue weighted by Gasteiger charge is -2.11. The molecule has 0 aliphatic rings. The predicted molar refractivity (Wildman–Crippen MR) is 46.1 cm³/mol. The first kappa shape index (κ1) is 9.70. The molecule has 0 saturated heterocycles. The van der Waals surface area contributed by atoms with Crippen LogP contribution in [0.4, 0.5) is 0 Å². The second-order valence-electron chi connectivity index (χ2n) is 2.50. The number of hydrogen-bond donors (Lipinski definition) is 2. The molecule has 0 bridgehead atoms. The number of hydroxylamine groups is 1. The summed E-state index contributed by atoms with van der Waals surface area (Å²) in [5.74, 6) is -0.520. The number of rotatable bonds is 3. The number of methoxy groups -OCH3 is 1. The molecule has 0 aromatic heterocycles. The quantitative estimate of drug-likeness (QED) is 0.536. The average Bonchev–Trinajstić information content (AvgIpc) is 2.20. The minimum Gasteiger partial charge on any atom is -0.468 e. The molecule has 2 N–H and O–H groups in total. The van der Waals surface area contributed by atoms with Gasteiger partial charge in [0.15, 0.2) is 6.04 Å². The lowest BCUT2D eigenvalue weighted by Crippen LogP contribution is -2.26. The maximum Gasteiger partial charge on any atom is 0.329 e. The Balaban J connectivity index is 2.85. The lowest BCUT2D eigenvalue weighted by atomic mass is 10.1. The number of esters is 1. The Labute approximate surface area is 76.1 Å². The highest BCUT2D eigenvalue weighted by molar-refractivity contribution is 5.77. The lowest BCUT2D eigenvalue weighted by molar-refractivity contribution is -0.146. The molecule has 0 fully saturated rings. The molecular formula is C9H11NO3. The Morgan fingerprint density at radius 3 is 2.54 bits per heavy atom. The van der Waals surface area contributed by atoms with E-state index in [1.165, 1.54) is 7.11 Å². The minimum atomic E-state index is -0.814. The zero-order valence-corrected chi connectivity index (χ0v) is 7.23. The summed E-state index contributed by atoms with van der Waals surface area (Å²) < 4.78 is 4.50. The first-order chi connectivity index (χ1) is 6.29. The van der Waals surface area contributed by atoms with Crippen LogP contribution in [-0.2, 0) is 9.53 Å². The molecule has 0 aliphatic carbocycles. The van der Waals surface area contributed by atoms with Gasteiger partial charge < -0.3 is 9.94 Å². The van der Waals surface area contributed by atoms with Gasteiger partial charge in [0.1, 0.15) is 0 Å². The zero-order chi connectivity index (χ0) is 9.68. The number of carbonyl (C=O) groups excluding carboxylic acids is 1. The Bertz CT molecular complexity index is 273. The van der Waals surface area contributed by atoms with Crippen molar-refractivity contribution < 1.29 is 14.7 Å². The Morgan fingerprint density at radius 2 is 2.08 bits per heavy atom. The van der Waals surface area contributed by atoms with Gasteiger partial charge in [-0.05, 0) is 5.56 Å². The van der Waals surface area contributed by atoms with Gasteiger partial charge in [0.25, 0.3) is 0 Å². The number of ether oxygens (including phenoxy) is 1. The van der Waals surface area contributed by atoms with E-state index in [0.717, 1.165) is 0 Å². The summed E-state index contributed by atoms with van der Waals surface area (Å²) in [6, 6.07) is 8.03. The van der Waals surface area contributed by atoms with Crippen LogP contribution < -0.4 is 5.48 Å². The largest absolute Gasteiger partial charge is 0.468 e. The number of benzene rings is 1. The van der Waals surface area contributed by atoms with Crippen molar-refractivity contribution in [3.8, 4) is 0 Å². The number of hydrogen-bond acceptors (Lipinski definition) is 4. The van der Waals surface area contributed by atoms with E-state index in [4.69, 9.17) is 5.21 Å². The highest BCUT2D eigenvalue weighted by Crippen LogP contribution is 2.12. The van der Waals surface area contributed by atoms with Crippen LogP contribution in [0.25, 0.3) is 0 Å². The highest BCUT2D eigenvalue weighted by atomic mass is 16.5. The third-order valence-corrected chi connectivity index (χ3v) is 1.70. The molecule has 0 radical (unpaired) electrons. The van der Waals surface area contributed by atoms with Gasteiger partial charge in [0, 0.05) is 0 Å². The number of nitrogens with one attached hydrogen (secondary N) is 1. The van der Waals surface area contributed by atoms with Gasteiger partial charge in [0.05, 0.1) is 7.11 Å². The van der Waals surface area contributed by atoms with Crippen LogP contribution in [0.15, 0.2) is 30.3 Å². The van der Waals surface area contributed by atoms with Gasteiger partial charge in [-0.25, -0.2) is 4.79 Å². The van der Waals surface area contributed by atoms with Crippen LogP contribution >= 0.6 is 0 Å². The fourth-order valence-electron chi connectivity index (χ4n) is 1.03. The van der Waals surface area contributed by atoms with Crippen molar-refractivity contribution in [1.29, 1.82) is 0 Å². The van der Waals surface area contributed by atoms with E-state index in [1.54, 1.807) is 24.3 Å². The first-order valence-corrected chi connectivity index (χ1v) is 3.82. The van der Waals surface area contributed by atoms with E-state index in [-0.39, 0.29) is 0 Å². The summed E-state index contributed by atoms with van der Waals surface area (Å²) in [4.78, 5) is 11.1.